The lowest BCUT2D eigenvalue weighted by molar-refractivity contribution is 0.303. The molecule has 0 unspecified atom stereocenters. The highest BCUT2D eigenvalue weighted by atomic mass is 35.5. The van der Waals surface area contributed by atoms with Gasteiger partial charge in [0, 0.05) is 35.7 Å². The van der Waals surface area contributed by atoms with Gasteiger partial charge in [-0.1, -0.05) is 11.8 Å². The Morgan fingerprint density at radius 2 is 1.95 bits per heavy atom. The van der Waals surface area contributed by atoms with E-state index in [1.807, 2.05) is 0 Å². The fourth-order valence-electron chi connectivity index (χ4n) is 1.63. The van der Waals surface area contributed by atoms with Crippen LogP contribution in [-0.2, 0) is 6.61 Å². The number of hydrogen-bond acceptors (Lipinski definition) is 2. The van der Waals surface area contributed by atoms with E-state index in [0.29, 0.717) is 29.2 Å². The van der Waals surface area contributed by atoms with Crippen LogP contribution in [0.15, 0.2) is 36.7 Å². The third-order valence-electron chi connectivity index (χ3n) is 2.49. The first-order valence-electron chi connectivity index (χ1n) is 6.25. The summed E-state index contributed by atoms with van der Waals surface area (Å²) in [6.45, 7) is 0.1000. The fourth-order valence-corrected chi connectivity index (χ4v) is 1.73. The largest absolute Gasteiger partial charge is 0.489 e. The Labute approximate surface area is 126 Å². The molecule has 2 rings (SSSR count). The number of nitrogens with zero attached hydrogens (tertiary/aromatic N) is 1. The number of aromatic nitrogens is 1. The number of ether oxygens (including phenoxy) is 1. The minimum Gasteiger partial charge on any atom is -0.489 e. The van der Waals surface area contributed by atoms with E-state index in [2.05, 4.69) is 16.8 Å². The average molecular weight is 308 g/mol. The van der Waals surface area contributed by atoms with Crippen molar-refractivity contribution in [1.29, 1.82) is 0 Å². The van der Waals surface area contributed by atoms with Crippen LogP contribution < -0.4 is 4.74 Å². The zero-order valence-corrected chi connectivity index (χ0v) is 11.8. The predicted octanol–water partition coefficient (Wildman–Crippen LogP) is 3.92. The summed E-state index contributed by atoms with van der Waals surface area (Å²) in [6.07, 6.45) is 3.13. The lowest BCUT2D eigenvalue weighted by atomic mass is 10.2. The van der Waals surface area contributed by atoms with Crippen LogP contribution in [0, 0.1) is 23.5 Å². The van der Waals surface area contributed by atoms with Crippen LogP contribution in [0.3, 0.4) is 0 Å². The molecule has 2 nitrogen and oxygen atoms in total. The van der Waals surface area contributed by atoms with Crippen molar-refractivity contribution in [2.45, 2.75) is 13.0 Å². The lowest BCUT2D eigenvalue weighted by Crippen LogP contribution is -1.97. The average Bonchev–Trinajstić information content (AvgIpc) is 2.45. The maximum Gasteiger partial charge on any atom is 0.141 e. The SMILES string of the molecule is Fc1cncc(COc2cc(F)cc(C#CCCCl)c2)c1. The second-order valence-electron chi connectivity index (χ2n) is 4.22. The molecule has 0 saturated heterocycles. The number of benzene rings is 1. The van der Waals surface area contributed by atoms with Crippen molar-refractivity contribution < 1.29 is 13.5 Å². The first-order valence-corrected chi connectivity index (χ1v) is 6.78. The van der Waals surface area contributed by atoms with Gasteiger partial charge in [-0.05, 0) is 18.2 Å². The molecule has 108 valence electrons. The maximum atomic E-state index is 13.5. The third kappa shape index (κ3) is 5.05. The molecule has 0 radical (unpaired) electrons. The molecule has 0 aliphatic heterocycles. The minimum atomic E-state index is -0.444. The van der Waals surface area contributed by atoms with Crippen LogP contribution in [0.25, 0.3) is 0 Å². The Hall–Kier alpha value is -2.12. The Bertz CT molecular complexity index is 679. The van der Waals surface area contributed by atoms with Gasteiger partial charge in [-0.2, -0.15) is 0 Å². The Morgan fingerprint density at radius 3 is 2.71 bits per heavy atom. The third-order valence-corrected chi connectivity index (χ3v) is 2.68. The summed E-state index contributed by atoms with van der Waals surface area (Å²) in [4.78, 5) is 3.72. The number of pyridine rings is 1. The van der Waals surface area contributed by atoms with Gasteiger partial charge >= 0.3 is 0 Å². The Kier molecular flexibility index (Phi) is 5.53. The van der Waals surface area contributed by atoms with Gasteiger partial charge in [-0.15, -0.1) is 11.6 Å². The molecule has 0 saturated carbocycles. The van der Waals surface area contributed by atoms with Gasteiger partial charge in [0.05, 0.1) is 6.20 Å². The molecule has 0 aliphatic carbocycles. The van der Waals surface area contributed by atoms with E-state index >= 15 is 0 Å². The maximum absolute atomic E-state index is 13.5. The molecule has 0 bridgehead atoms. The summed E-state index contributed by atoms with van der Waals surface area (Å²) in [5, 5.41) is 0. The Morgan fingerprint density at radius 1 is 1.10 bits per heavy atom. The first-order chi connectivity index (χ1) is 10.2. The van der Waals surface area contributed by atoms with Crippen molar-refractivity contribution in [1.82, 2.24) is 4.98 Å². The van der Waals surface area contributed by atoms with E-state index in [0.717, 1.165) is 6.20 Å². The van der Waals surface area contributed by atoms with Crippen LogP contribution in [0.2, 0.25) is 0 Å². The van der Waals surface area contributed by atoms with Crippen LogP contribution >= 0.6 is 11.6 Å². The molecule has 0 aliphatic rings. The highest BCUT2D eigenvalue weighted by Gasteiger charge is 2.02. The fraction of sp³-hybridized carbons (Fsp3) is 0.188. The van der Waals surface area contributed by atoms with Crippen LogP contribution in [0.4, 0.5) is 8.78 Å². The van der Waals surface area contributed by atoms with Crippen LogP contribution in [-0.4, -0.2) is 10.9 Å². The Balaban J connectivity index is 2.08. The molecular weight excluding hydrogens is 296 g/mol. The van der Waals surface area contributed by atoms with Crippen molar-refractivity contribution in [3.05, 3.63) is 59.4 Å². The zero-order chi connectivity index (χ0) is 15.1. The van der Waals surface area contributed by atoms with Crippen molar-refractivity contribution in [2.24, 2.45) is 0 Å². The molecule has 0 spiro atoms. The lowest BCUT2D eigenvalue weighted by Gasteiger charge is -2.07. The first kappa shape index (κ1) is 15.3. The van der Waals surface area contributed by atoms with Crippen LogP contribution in [0.5, 0.6) is 5.75 Å². The number of rotatable bonds is 4. The van der Waals surface area contributed by atoms with E-state index in [1.54, 1.807) is 6.07 Å². The van der Waals surface area contributed by atoms with Crippen LogP contribution in [0.1, 0.15) is 17.5 Å². The van der Waals surface area contributed by atoms with E-state index in [1.165, 1.54) is 24.4 Å². The molecule has 0 amide bonds. The van der Waals surface area contributed by atoms with E-state index < -0.39 is 11.6 Å². The topological polar surface area (TPSA) is 22.1 Å². The van der Waals surface area contributed by atoms with E-state index in [-0.39, 0.29) is 6.61 Å². The predicted molar refractivity (Wildman–Crippen MR) is 77.1 cm³/mol. The normalized spacial score (nSPS) is 9.86. The smallest absolute Gasteiger partial charge is 0.141 e. The van der Waals surface area contributed by atoms with Gasteiger partial charge in [0.1, 0.15) is 24.0 Å². The van der Waals surface area contributed by atoms with Gasteiger partial charge in [0.15, 0.2) is 0 Å². The summed E-state index contributed by atoms with van der Waals surface area (Å²) in [6, 6.07) is 5.50. The van der Waals surface area contributed by atoms with Crippen molar-refractivity contribution in [3.8, 4) is 17.6 Å². The van der Waals surface area contributed by atoms with Gasteiger partial charge in [-0.3, -0.25) is 4.98 Å². The van der Waals surface area contributed by atoms with Gasteiger partial charge in [0.25, 0.3) is 0 Å². The van der Waals surface area contributed by atoms with Crippen molar-refractivity contribution >= 4 is 11.6 Å². The summed E-state index contributed by atoms with van der Waals surface area (Å²) < 4.78 is 31.9. The van der Waals surface area contributed by atoms with E-state index in [4.69, 9.17) is 16.3 Å². The molecule has 0 N–H and O–H groups in total. The monoisotopic (exact) mass is 307 g/mol. The number of alkyl halides is 1. The summed E-state index contributed by atoms with van der Waals surface area (Å²) in [5.74, 6) is 5.50. The molecule has 21 heavy (non-hydrogen) atoms. The molecule has 0 atom stereocenters. The van der Waals surface area contributed by atoms with E-state index in [9.17, 15) is 8.78 Å². The van der Waals surface area contributed by atoms with Crippen molar-refractivity contribution in [3.63, 3.8) is 0 Å². The standard InChI is InChI=1S/C16H12ClF2NO/c17-4-2-1-3-12-5-14(18)8-16(7-12)21-11-13-6-15(19)10-20-9-13/h5-10H,2,4,11H2. The van der Waals surface area contributed by atoms with Crippen molar-refractivity contribution in [2.75, 3.05) is 5.88 Å². The molecule has 0 fully saturated rings. The second-order valence-corrected chi connectivity index (χ2v) is 4.59. The van der Waals surface area contributed by atoms with Gasteiger partial charge < -0.3 is 4.74 Å². The molecule has 1 aromatic carbocycles. The molecular formula is C16H12ClF2NO. The zero-order valence-electron chi connectivity index (χ0n) is 11.1. The highest BCUT2D eigenvalue weighted by molar-refractivity contribution is 6.18. The van der Waals surface area contributed by atoms with Gasteiger partial charge in [0.2, 0.25) is 0 Å². The summed E-state index contributed by atoms with van der Waals surface area (Å²) >= 11 is 5.52. The molecule has 5 heteroatoms. The summed E-state index contributed by atoms with van der Waals surface area (Å²) in [5.41, 5.74) is 1.07. The highest BCUT2D eigenvalue weighted by Crippen LogP contribution is 2.17. The number of hydrogen-bond donors (Lipinski definition) is 0. The quantitative estimate of drug-likeness (QED) is 0.631. The minimum absolute atomic E-state index is 0.1000. The molecule has 2 aromatic rings. The molecule has 1 aromatic heterocycles. The molecule has 1 heterocycles. The second kappa shape index (κ2) is 7.61. The van der Waals surface area contributed by atoms with Gasteiger partial charge in [-0.25, -0.2) is 8.78 Å². The number of halogens is 3. The summed E-state index contributed by atoms with van der Waals surface area (Å²) in [7, 11) is 0.